The molecule has 1 fully saturated rings. The normalized spacial score (nSPS) is 30.8. The van der Waals surface area contributed by atoms with Crippen molar-refractivity contribution < 1.29 is 34.5 Å². The first-order valence-electron chi connectivity index (χ1n) is 7.46. The SMILES string of the molecule is CCC1(O)[C@@H](O)[C@@H](OOP(O)CO)O[C@H]1n1ccc2c(N)ncnc21. The van der Waals surface area contributed by atoms with E-state index in [1.165, 1.54) is 10.9 Å². The molecule has 0 amide bonds. The van der Waals surface area contributed by atoms with E-state index in [0.29, 0.717) is 11.0 Å². The van der Waals surface area contributed by atoms with Crippen molar-refractivity contribution in [2.75, 3.05) is 12.1 Å². The second-order valence-corrected chi connectivity index (χ2v) is 6.67. The largest absolute Gasteiger partial charge is 0.387 e. The van der Waals surface area contributed by atoms with Crippen LogP contribution in [0.3, 0.4) is 0 Å². The third kappa shape index (κ3) is 3.09. The van der Waals surface area contributed by atoms with Crippen molar-refractivity contribution in [2.24, 2.45) is 0 Å². The molecular formula is C13H19N4O7P. The van der Waals surface area contributed by atoms with Crippen LogP contribution in [-0.2, 0) is 14.3 Å². The fourth-order valence-electron chi connectivity index (χ4n) is 2.76. The van der Waals surface area contributed by atoms with Crippen molar-refractivity contribution >= 4 is 25.2 Å². The number of anilines is 1. The van der Waals surface area contributed by atoms with E-state index in [0.717, 1.165) is 0 Å². The number of aromatic nitrogens is 3. The summed E-state index contributed by atoms with van der Waals surface area (Å²) in [6.07, 6.45) is -1.53. The van der Waals surface area contributed by atoms with E-state index in [4.69, 9.17) is 20.5 Å². The Morgan fingerprint density at radius 2 is 2.24 bits per heavy atom. The van der Waals surface area contributed by atoms with Crippen molar-refractivity contribution in [3.8, 4) is 0 Å². The van der Waals surface area contributed by atoms with Gasteiger partial charge in [-0.05, 0) is 12.5 Å². The van der Waals surface area contributed by atoms with Gasteiger partial charge < -0.3 is 35.3 Å². The minimum Gasteiger partial charge on any atom is -0.387 e. The number of aliphatic hydroxyl groups is 3. The Morgan fingerprint density at radius 3 is 2.92 bits per heavy atom. The highest BCUT2D eigenvalue weighted by molar-refractivity contribution is 7.45. The molecule has 0 saturated carbocycles. The van der Waals surface area contributed by atoms with E-state index in [-0.39, 0.29) is 12.2 Å². The number of nitrogen functional groups attached to an aromatic ring is 1. The van der Waals surface area contributed by atoms with Crippen LogP contribution in [0.15, 0.2) is 18.6 Å². The number of ether oxygens (including phenoxy) is 1. The molecule has 12 heteroatoms. The third-order valence-corrected chi connectivity index (χ3v) is 4.66. The first-order chi connectivity index (χ1) is 11.9. The van der Waals surface area contributed by atoms with Crippen LogP contribution in [0, 0.1) is 0 Å². The molecule has 2 aromatic rings. The quantitative estimate of drug-likeness (QED) is 0.254. The van der Waals surface area contributed by atoms with Gasteiger partial charge in [0.15, 0.2) is 6.23 Å². The van der Waals surface area contributed by atoms with Crippen molar-refractivity contribution in [3.05, 3.63) is 18.6 Å². The van der Waals surface area contributed by atoms with Crippen molar-refractivity contribution in [1.82, 2.24) is 14.5 Å². The van der Waals surface area contributed by atoms with Crippen molar-refractivity contribution in [2.45, 2.75) is 37.6 Å². The van der Waals surface area contributed by atoms with E-state index in [1.807, 2.05) is 0 Å². The van der Waals surface area contributed by atoms with E-state index in [2.05, 4.69) is 14.6 Å². The summed E-state index contributed by atoms with van der Waals surface area (Å²) in [7, 11) is -2.22. The zero-order chi connectivity index (χ0) is 18.2. The smallest absolute Gasteiger partial charge is 0.232 e. The van der Waals surface area contributed by atoms with Gasteiger partial charge in [-0.2, -0.15) is 9.56 Å². The zero-order valence-electron chi connectivity index (χ0n) is 13.3. The molecule has 3 heterocycles. The fraction of sp³-hybridized carbons (Fsp3) is 0.538. The minimum absolute atomic E-state index is 0.132. The Hall–Kier alpha value is -1.43. The summed E-state index contributed by atoms with van der Waals surface area (Å²) in [4.78, 5) is 22.1. The van der Waals surface area contributed by atoms with Crippen LogP contribution in [0.5, 0.6) is 0 Å². The Morgan fingerprint density at radius 1 is 1.48 bits per heavy atom. The summed E-state index contributed by atoms with van der Waals surface area (Å²) in [5.41, 5.74) is 4.51. The van der Waals surface area contributed by atoms with Gasteiger partial charge in [0, 0.05) is 6.20 Å². The molecule has 0 aliphatic carbocycles. The van der Waals surface area contributed by atoms with Crippen molar-refractivity contribution in [1.29, 1.82) is 0 Å². The first-order valence-corrected chi connectivity index (χ1v) is 8.85. The highest BCUT2D eigenvalue weighted by Gasteiger charge is 2.56. The highest BCUT2D eigenvalue weighted by atomic mass is 31.2. The Labute approximate surface area is 143 Å². The molecule has 0 aromatic carbocycles. The van der Waals surface area contributed by atoms with Gasteiger partial charge in [-0.15, -0.1) is 0 Å². The molecule has 11 nitrogen and oxygen atoms in total. The number of hydrogen-bond acceptors (Lipinski definition) is 10. The monoisotopic (exact) mass is 374 g/mol. The molecule has 6 N–H and O–H groups in total. The molecule has 0 radical (unpaired) electrons. The van der Waals surface area contributed by atoms with E-state index < -0.39 is 38.9 Å². The molecule has 0 spiro atoms. The van der Waals surface area contributed by atoms with Crippen LogP contribution < -0.4 is 5.73 Å². The number of fused-ring (bicyclic) bond motifs is 1. The molecule has 0 bridgehead atoms. The topological polar surface area (TPSA) is 165 Å². The van der Waals surface area contributed by atoms with Crippen LogP contribution in [0.2, 0.25) is 0 Å². The first kappa shape index (κ1) is 18.4. The minimum atomic E-state index is -2.22. The van der Waals surface area contributed by atoms with Crippen LogP contribution >= 0.6 is 8.38 Å². The fourth-order valence-corrected chi connectivity index (χ4v) is 2.99. The van der Waals surface area contributed by atoms with Gasteiger partial charge >= 0.3 is 0 Å². The molecule has 2 unspecified atom stereocenters. The lowest BCUT2D eigenvalue weighted by Crippen LogP contribution is -2.46. The number of aliphatic hydroxyl groups excluding tert-OH is 2. The molecular weight excluding hydrogens is 355 g/mol. The number of hydrogen-bond donors (Lipinski definition) is 5. The molecule has 1 aliphatic rings. The van der Waals surface area contributed by atoms with Crippen LogP contribution in [0.4, 0.5) is 5.82 Å². The summed E-state index contributed by atoms with van der Waals surface area (Å²) in [5.74, 6) is 0.271. The maximum atomic E-state index is 10.9. The van der Waals surface area contributed by atoms with Gasteiger partial charge in [0.1, 0.15) is 35.8 Å². The zero-order valence-corrected chi connectivity index (χ0v) is 14.2. The van der Waals surface area contributed by atoms with Gasteiger partial charge in [0.2, 0.25) is 14.7 Å². The maximum absolute atomic E-state index is 10.9. The Balaban J connectivity index is 1.92. The predicted octanol–water partition coefficient (Wildman–Crippen LogP) is -0.427. The summed E-state index contributed by atoms with van der Waals surface area (Å²) in [6.45, 7) is 1.67. The van der Waals surface area contributed by atoms with Gasteiger partial charge in [0.05, 0.1) is 5.39 Å². The number of nitrogens with zero attached hydrogens (tertiary/aromatic N) is 3. The molecule has 2 aromatic heterocycles. The third-order valence-electron chi connectivity index (χ3n) is 4.16. The Bertz CT molecular complexity index is 746. The van der Waals surface area contributed by atoms with Gasteiger partial charge in [-0.25, -0.2) is 9.97 Å². The molecule has 3 rings (SSSR count). The van der Waals surface area contributed by atoms with Gasteiger partial charge in [-0.3, -0.25) is 0 Å². The highest BCUT2D eigenvalue weighted by Crippen LogP contribution is 2.44. The number of rotatable bonds is 6. The molecule has 1 saturated heterocycles. The van der Waals surface area contributed by atoms with E-state index in [9.17, 15) is 15.1 Å². The lowest BCUT2D eigenvalue weighted by Gasteiger charge is -2.30. The lowest BCUT2D eigenvalue weighted by molar-refractivity contribution is -0.332. The summed E-state index contributed by atoms with van der Waals surface area (Å²) in [6, 6.07) is 1.67. The molecule has 5 atom stereocenters. The maximum Gasteiger partial charge on any atom is 0.232 e. The van der Waals surface area contributed by atoms with E-state index >= 15 is 0 Å². The van der Waals surface area contributed by atoms with Gasteiger partial charge in [0.25, 0.3) is 0 Å². The average Bonchev–Trinajstić information content (AvgIpc) is 3.14. The second-order valence-electron chi connectivity index (χ2n) is 5.53. The van der Waals surface area contributed by atoms with Crippen molar-refractivity contribution in [3.63, 3.8) is 0 Å². The molecule has 25 heavy (non-hydrogen) atoms. The molecule has 138 valence electrons. The van der Waals surface area contributed by atoms with Gasteiger partial charge in [-0.1, -0.05) is 6.92 Å². The molecule has 1 aliphatic heterocycles. The summed E-state index contributed by atoms with van der Waals surface area (Å²) >= 11 is 0. The summed E-state index contributed by atoms with van der Waals surface area (Å²) in [5, 5.41) is 30.6. The average molecular weight is 374 g/mol. The van der Waals surface area contributed by atoms with Crippen LogP contribution in [0.1, 0.15) is 19.6 Å². The van der Waals surface area contributed by atoms with Crippen LogP contribution in [0.25, 0.3) is 11.0 Å². The predicted molar refractivity (Wildman–Crippen MR) is 85.5 cm³/mol. The van der Waals surface area contributed by atoms with Crippen LogP contribution in [-0.4, -0.2) is 59.1 Å². The second kappa shape index (κ2) is 7.06. The lowest BCUT2D eigenvalue weighted by atomic mass is 9.93. The Kier molecular flexibility index (Phi) is 5.19. The standard InChI is InChI=1S/C13H19N4O7P/c1-2-13(20)8(19)11(23-24-25(21)6-18)22-12(13)17-4-3-7-9(14)15-5-16-10(7)17/h3-5,8,11-12,18-21H,2,6H2,1H3,(H2,14,15,16)/t8-,11+,12+,13?,25?/m0/s1. The number of nitrogens with two attached hydrogens (primary N) is 1. The van der Waals surface area contributed by atoms with E-state index in [1.54, 1.807) is 19.2 Å². The summed E-state index contributed by atoms with van der Waals surface area (Å²) < 4.78 is 11.7.